The summed E-state index contributed by atoms with van der Waals surface area (Å²) < 4.78 is 26.9. The number of fused-ring (bicyclic) bond motifs is 1. The third kappa shape index (κ3) is 2.17. The average Bonchev–Trinajstić information content (AvgIpc) is 3.19. The first-order valence-electron chi connectivity index (χ1n) is 7.90. The number of hydrogen-bond donors (Lipinski definition) is 0. The predicted molar refractivity (Wildman–Crippen MR) is 78.9 cm³/mol. The molecule has 23 heavy (non-hydrogen) atoms. The van der Waals surface area contributed by atoms with Crippen LogP contribution in [0.15, 0.2) is 18.2 Å². The van der Waals surface area contributed by atoms with Crippen molar-refractivity contribution in [2.75, 3.05) is 24.5 Å². The van der Waals surface area contributed by atoms with E-state index in [9.17, 15) is 18.4 Å². The standard InChI is InChI=1S/C16H17F2N3O2/c17-10-3-4-13(12(18)8-10)19-7-5-11(9-19)21-15(22)14-2-1-6-20(14)16(21)23/h3-4,8,11,14H,1-2,5-7,9H2. The van der Waals surface area contributed by atoms with E-state index in [2.05, 4.69) is 0 Å². The Labute approximate surface area is 132 Å². The molecule has 0 aromatic heterocycles. The molecule has 0 N–H and O–H groups in total. The molecule has 0 aliphatic carbocycles. The first kappa shape index (κ1) is 14.4. The van der Waals surface area contributed by atoms with Gasteiger partial charge in [-0.05, 0) is 31.4 Å². The number of amides is 3. The Bertz CT molecular complexity index is 659. The Hall–Kier alpha value is -2.18. The number of carbonyl (C=O) groups is 2. The number of nitrogens with zero attached hydrogens (tertiary/aromatic N) is 3. The molecule has 7 heteroatoms. The monoisotopic (exact) mass is 321 g/mol. The predicted octanol–water partition coefficient (Wildman–Crippen LogP) is 1.97. The largest absolute Gasteiger partial charge is 0.367 e. The highest BCUT2D eigenvalue weighted by Crippen LogP contribution is 2.33. The second kappa shape index (κ2) is 5.18. The van der Waals surface area contributed by atoms with Crippen LogP contribution in [0.2, 0.25) is 0 Å². The molecule has 4 rings (SSSR count). The highest BCUT2D eigenvalue weighted by atomic mass is 19.1. The summed E-state index contributed by atoms with van der Waals surface area (Å²) in [7, 11) is 0. The maximum Gasteiger partial charge on any atom is 0.327 e. The molecule has 3 aliphatic rings. The van der Waals surface area contributed by atoms with Gasteiger partial charge in [-0.2, -0.15) is 0 Å². The number of anilines is 1. The normalized spacial score (nSPS) is 27.3. The van der Waals surface area contributed by atoms with Gasteiger partial charge in [0.05, 0.1) is 11.7 Å². The zero-order valence-electron chi connectivity index (χ0n) is 12.5. The van der Waals surface area contributed by atoms with Crippen molar-refractivity contribution in [2.45, 2.75) is 31.3 Å². The van der Waals surface area contributed by atoms with E-state index in [0.717, 1.165) is 18.9 Å². The van der Waals surface area contributed by atoms with Gasteiger partial charge >= 0.3 is 6.03 Å². The maximum absolute atomic E-state index is 13.9. The lowest BCUT2D eigenvalue weighted by atomic mass is 10.2. The Kier molecular flexibility index (Phi) is 3.25. The van der Waals surface area contributed by atoms with Crippen LogP contribution in [0.1, 0.15) is 19.3 Å². The molecule has 3 amide bonds. The minimum atomic E-state index is -0.620. The van der Waals surface area contributed by atoms with Crippen LogP contribution in [0.25, 0.3) is 0 Å². The van der Waals surface area contributed by atoms with Crippen LogP contribution in [-0.2, 0) is 4.79 Å². The van der Waals surface area contributed by atoms with Crippen LogP contribution in [0.4, 0.5) is 19.3 Å². The third-order valence-electron chi connectivity index (χ3n) is 5.01. The Morgan fingerprint density at radius 1 is 1.09 bits per heavy atom. The molecular weight excluding hydrogens is 304 g/mol. The van der Waals surface area contributed by atoms with E-state index in [1.165, 1.54) is 17.0 Å². The molecule has 0 saturated carbocycles. The second-order valence-corrected chi connectivity index (χ2v) is 6.33. The number of carbonyl (C=O) groups excluding carboxylic acids is 2. The molecule has 0 radical (unpaired) electrons. The fraction of sp³-hybridized carbons (Fsp3) is 0.500. The van der Waals surface area contributed by atoms with Crippen molar-refractivity contribution in [3.05, 3.63) is 29.8 Å². The SMILES string of the molecule is O=C1C2CCCN2C(=O)N1C1CCN(c2ccc(F)cc2F)C1. The topological polar surface area (TPSA) is 43.9 Å². The molecule has 0 bridgehead atoms. The van der Waals surface area contributed by atoms with E-state index >= 15 is 0 Å². The molecule has 3 aliphatic heterocycles. The molecule has 2 atom stereocenters. The van der Waals surface area contributed by atoms with Gasteiger partial charge in [0.25, 0.3) is 5.91 Å². The summed E-state index contributed by atoms with van der Waals surface area (Å²) in [5.74, 6) is -1.36. The number of benzene rings is 1. The van der Waals surface area contributed by atoms with Gasteiger partial charge in [-0.1, -0.05) is 0 Å². The van der Waals surface area contributed by atoms with Crippen molar-refractivity contribution in [1.29, 1.82) is 0 Å². The smallest absolute Gasteiger partial charge is 0.327 e. The molecular formula is C16H17F2N3O2. The highest BCUT2D eigenvalue weighted by molar-refractivity contribution is 6.05. The number of imide groups is 1. The molecule has 5 nitrogen and oxygen atoms in total. The summed E-state index contributed by atoms with van der Waals surface area (Å²) in [6.45, 7) is 1.56. The van der Waals surface area contributed by atoms with Gasteiger partial charge in [-0.25, -0.2) is 13.6 Å². The Morgan fingerprint density at radius 2 is 1.91 bits per heavy atom. The summed E-state index contributed by atoms with van der Waals surface area (Å²) in [4.78, 5) is 29.7. The average molecular weight is 321 g/mol. The molecule has 2 unspecified atom stereocenters. The van der Waals surface area contributed by atoms with Crippen LogP contribution in [0.5, 0.6) is 0 Å². The van der Waals surface area contributed by atoms with E-state index in [4.69, 9.17) is 0 Å². The van der Waals surface area contributed by atoms with Crippen molar-refractivity contribution in [1.82, 2.24) is 9.80 Å². The van der Waals surface area contributed by atoms with Crippen LogP contribution >= 0.6 is 0 Å². The molecule has 1 aromatic rings. The molecule has 1 aromatic carbocycles. The zero-order valence-corrected chi connectivity index (χ0v) is 12.5. The summed E-state index contributed by atoms with van der Waals surface area (Å²) in [5, 5.41) is 0. The third-order valence-corrected chi connectivity index (χ3v) is 5.01. The molecule has 3 fully saturated rings. The van der Waals surface area contributed by atoms with Gasteiger partial charge in [0, 0.05) is 25.7 Å². The number of halogens is 2. The first-order valence-corrected chi connectivity index (χ1v) is 7.90. The number of urea groups is 1. The van der Waals surface area contributed by atoms with E-state index in [0.29, 0.717) is 31.7 Å². The van der Waals surface area contributed by atoms with Crippen LogP contribution in [0, 0.1) is 11.6 Å². The maximum atomic E-state index is 13.9. The lowest BCUT2D eigenvalue weighted by Crippen LogP contribution is -2.43. The van der Waals surface area contributed by atoms with Crippen LogP contribution in [-0.4, -0.2) is 53.5 Å². The van der Waals surface area contributed by atoms with Crippen molar-refractivity contribution in [3.8, 4) is 0 Å². The fourth-order valence-corrected chi connectivity index (χ4v) is 3.89. The fourth-order valence-electron chi connectivity index (χ4n) is 3.89. The lowest BCUT2D eigenvalue weighted by molar-refractivity contribution is -0.129. The second-order valence-electron chi connectivity index (χ2n) is 6.33. The molecule has 3 saturated heterocycles. The number of hydrogen-bond acceptors (Lipinski definition) is 3. The summed E-state index contributed by atoms with van der Waals surface area (Å²) in [6.07, 6.45) is 2.20. The summed E-state index contributed by atoms with van der Waals surface area (Å²) in [5.41, 5.74) is 0.313. The van der Waals surface area contributed by atoms with E-state index < -0.39 is 11.6 Å². The van der Waals surface area contributed by atoms with Crippen molar-refractivity contribution in [3.63, 3.8) is 0 Å². The quantitative estimate of drug-likeness (QED) is 0.782. The van der Waals surface area contributed by atoms with Gasteiger partial charge in [-0.3, -0.25) is 9.69 Å². The van der Waals surface area contributed by atoms with Crippen LogP contribution in [0.3, 0.4) is 0 Å². The molecule has 3 heterocycles. The van der Waals surface area contributed by atoms with Crippen molar-refractivity contribution in [2.24, 2.45) is 0 Å². The van der Waals surface area contributed by atoms with E-state index in [-0.39, 0.29) is 24.0 Å². The van der Waals surface area contributed by atoms with Crippen molar-refractivity contribution < 1.29 is 18.4 Å². The molecule has 0 spiro atoms. The van der Waals surface area contributed by atoms with Gasteiger partial charge in [-0.15, -0.1) is 0 Å². The molecule has 122 valence electrons. The van der Waals surface area contributed by atoms with Gasteiger partial charge < -0.3 is 9.80 Å². The van der Waals surface area contributed by atoms with Crippen LogP contribution < -0.4 is 4.90 Å². The van der Waals surface area contributed by atoms with Crippen molar-refractivity contribution >= 4 is 17.6 Å². The number of rotatable bonds is 2. The Morgan fingerprint density at radius 3 is 2.65 bits per heavy atom. The van der Waals surface area contributed by atoms with Gasteiger partial charge in [0.15, 0.2) is 0 Å². The zero-order chi connectivity index (χ0) is 16.1. The van der Waals surface area contributed by atoms with E-state index in [1.807, 2.05) is 0 Å². The van der Waals surface area contributed by atoms with Gasteiger partial charge in [0.2, 0.25) is 0 Å². The Balaban J connectivity index is 1.52. The lowest BCUT2D eigenvalue weighted by Gasteiger charge is -2.24. The first-order chi connectivity index (χ1) is 11.1. The minimum Gasteiger partial charge on any atom is -0.367 e. The van der Waals surface area contributed by atoms with Gasteiger partial charge in [0.1, 0.15) is 17.7 Å². The summed E-state index contributed by atoms with van der Waals surface area (Å²) >= 11 is 0. The highest BCUT2D eigenvalue weighted by Gasteiger charge is 2.50. The minimum absolute atomic E-state index is 0.126. The summed E-state index contributed by atoms with van der Waals surface area (Å²) in [6, 6.07) is 2.70. The van der Waals surface area contributed by atoms with E-state index in [1.54, 1.807) is 9.80 Å².